The normalized spacial score (nSPS) is 16.8. The Morgan fingerprint density at radius 1 is 1.21 bits per heavy atom. The van der Waals surface area contributed by atoms with E-state index < -0.39 is 23.1 Å². The van der Waals surface area contributed by atoms with Crippen molar-refractivity contribution in [3.63, 3.8) is 0 Å². The van der Waals surface area contributed by atoms with Crippen LogP contribution in [0.4, 0.5) is 14.5 Å². The van der Waals surface area contributed by atoms with Gasteiger partial charge in [0.05, 0.1) is 16.3 Å². The molecule has 1 atom stereocenters. The molecule has 1 fully saturated rings. The lowest BCUT2D eigenvalue weighted by atomic mass is 10.2. The predicted octanol–water partition coefficient (Wildman–Crippen LogP) is 2.97. The summed E-state index contributed by atoms with van der Waals surface area (Å²) in [6, 6.07) is 8.75. The highest BCUT2D eigenvalue weighted by Crippen LogP contribution is 2.23. The molecular weight excluding hydrogens is 404 g/mol. The van der Waals surface area contributed by atoms with Gasteiger partial charge in [0.25, 0.3) is 16.4 Å². The third-order valence-corrected chi connectivity index (χ3v) is 5.79. The molecule has 1 aromatic heterocycles. The number of nitrogens with zero attached hydrogens (tertiary/aromatic N) is 1. The number of pyridine rings is 1. The minimum Gasteiger partial charge on any atom is -0.488 e. The minimum atomic E-state index is -3.87. The predicted molar refractivity (Wildman–Crippen MR) is 104 cm³/mol. The lowest BCUT2D eigenvalue weighted by Crippen LogP contribution is -2.28. The Labute approximate surface area is 168 Å². The first-order chi connectivity index (χ1) is 13.8. The molecule has 2 heterocycles. The van der Waals surface area contributed by atoms with Crippen molar-refractivity contribution in [1.82, 2.24) is 10.3 Å². The monoisotopic (exact) mass is 427 g/mol. The van der Waals surface area contributed by atoms with Crippen molar-refractivity contribution in [2.45, 2.75) is 37.1 Å². The third-order valence-electron chi connectivity index (χ3n) is 4.41. The van der Waals surface area contributed by atoms with Crippen molar-refractivity contribution >= 4 is 15.7 Å². The summed E-state index contributed by atoms with van der Waals surface area (Å²) in [6.45, 7) is 2.43. The number of nitrogens with one attached hydrogen (secondary N) is 2. The maximum atomic E-state index is 12.6. The molecule has 29 heavy (non-hydrogen) atoms. The smallest absolute Gasteiger partial charge is 0.272 e. The summed E-state index contributed by atoms with van der Waals surface area (Å²) in [4.78, 5) is 4.28. The van der Waals surface area contributed by atoms with E-state index in [0.29, 0.717) is 29.9 Å². The lowest BCUT2D eigenvalue weighted by molar-refractivity contribution is 0.0819. The summed E-state index contributed by atoms with van der Waals surface area (Å²) < 4.78 is 62.5. The van der Waals surface area contributed by atoms with Gasteiger partial charge in [-0.2, -0.15) is 0 Å². The highest BCUT2D eigenvalue weighted by atomic mass is 32.2. The lowest BCUT2D eigenvalue weighted by Gasteiger charge is -2.14. The van der Waals surface area contributed by atoms with Gasteiger partial charge in [0, 0.05) is 12.1 Å². The van der Waals surface area contributed by atoms with E-state index in [1.807, 2.05) is 0 Å². The van der Waals surface area contributed by atoms with Crippen LogP contribution in [0.25, 0.3) is 0 Å². The van der Waals surface area contributed by atoms with Crippen molar-refractivity contribution in [3.8, 4) is 11.6 Å². The number of benzene rings is 1. The number of sulfonamides is 1. The van der Waals surface area contributed by atoms with Gasteiger partial charge in [0.15, 0.2) is 0 Å². The summed E-state index contributed by atoms with van der Waals surface area (Å²) in [5.74, 6) is 0.597. The van der Waals surface area contributed by atoms with Crippen LogP contribution in [0.1, 0.15) is 18.5 Å². The maximum Gasteiger partial charge on any atom is 0.272 e. The van der Waals surface area contributed by atoms with Gasteiger partial charge in [-0.15, -0.1) is 0 Å². The Morgan fingerprint density at radius 3 is 2.59 bits per heavy atom. The molecule has 0 aliphatic carbocycles. The van der Waals surface area contributed by atoms with E-state index >= 15 is 0 Å². The molecule has 1 aromatic carbocycles. The van der Waals surface area contributed by atoms with Gasteiger partial charge in [0.2, 0.25) is 5.88 Å². The maximum absolute atomic E-state index is 12.6. The zero-order valence-electron chi connectivity index (χ0n) is 15.9. The van der Waals surface area contributed by atoms with Crippen molar-refractivity contribution in [3.05, 3.63) is 42.1 Å². The number of aryl methyl sites for hydroxylation is 1. The van der Waals surface area contributed by atoms with E-state index in [0.717, 1.165) is 19.4 Å². The Morgan fingerprint density at radius 2 is 1.97 bits per heavy atom. The molecule has 0 bridgehead atoms. The first-order valence-electron chi connectivity index (χ1n) is 9.21. The summed E-state index contributed by atoms with van der Waals surface area (Å²) in [5, 5.41) is 3.33. The van der Waals surface area contributed by atoms with Crippen LogP contribution in [0, 0.1) is 6.92 Å². The van der Waals surface area contributed by atoms with Crippen LogP contribution in [0.15, 0.2) is 41.3 Å². The fourth-order valence-electron chi connectivity index (χ4n) is 2.89. The molecule has 158 valence electrons. The Kier molecular flexibility index (Phi) is 6.86. The number of anilines is 1. The molecule has 1 aliphatic rings. The molecule has 3 rings (SSSR count). The van der Waals surface area contributed by atoms with Gasteiger partial charge in [-0.1, -0.05) is 0 Å². The second-order valence-electron chi connectivity index (χ2n) is 6.67. The summed E-state index contributed by atoms with van der Waals surface area (Å²) in [5.41, 5.74) is 0.803. The van der Waals surface area contributed by atoms with E-state index in [-0.39, 0.29) is 10.6 Å². The SMILES string of the molecule is Cc1nc(OC[C@@H]2CCCN2)ccc1NS(=O)(=O)c1ccc(OCC(F)F)cc1. The molecule has 0 unspecified atom stereocenters. The molecule has 0 saturated carbocycles. The zero-order chi connectivity index (χ0) is 20.9. The second-order valence-corrected chi connectivity index (χ2v) is 8.35. The van der Waals surface area contributed by atoms with E-state index in [9.17, 15) is 17.2 Å². The van der Waals surface area contributed by atoms with Crippen LogP contribution >= 0.6 is 0 Å². The first kappa shape index (κ1) is 21.3. The van der Waals surface area contributed by atoms with E-state index in [1.165, 1.54) is 24.3 Å². The number of rotatable bonds is 9. The van der Waals surface area contributed by atoms with Gasteiger partial charge in [0.1, 0.15) is 19.0 Å². The Balaban J connectivity index is 1.63. The van der Waals surface area contributed by atoms with Crippen LogP contribution in [0.2, 0.25) is 0 Å². The molecule has 0 spiro atoms. The molecule has 1 aliphatic heterocycles. The molecule has 0 amide bonds. The van der Waals surface area contributed by atoms with Crippen molar-refractivity contribution in [2.24, 2.45) is 0 Å². The number of hydrogen-bond acceptors (Lipinski definition) is 6. The standard InChI is InChI=1S/C19H23F2N3O4S/c1-13-17(8-9-19(23-13)28-11-14-3-2-10-22-14)24-29(25,26)16-6-4-15(5-7-16)27-12-18(20)21/h4-9,14,18,22,24H,2-3,10-12H2,1H3/t14-/m0/s1. The van der Waals surface area contributed by atoms with E-state index in [2.05, 4.69) is 15.0 Å². The largest absolute Gasteiger partial charge is 0.488 e. The second kappa shape index (κ2) is 9.36. The van der Waals surface area contributed by atoms with Crippen molar-refractivity contribution in [2.75, 3.05) is 24.5 Å². The fourth-order valence-corrected chi connectivity index (χ4v) is 4.01. The van der Waals surface area contributed by atoms with Crippen LogP contribution < -0.4 is 19.5 Å². The average molecular weight is 427 g/mol. The third kappa shape index (κ3) is 6.01. The zero-order valence-corrected chi connectivity index (χ0v) is 16.7. The number of hydrogen-bond donors (Lipinski definition) is 2. The van der Waals surface area contributed by atoms with Gasteiger partial charge >= 0.3 is 0 Å². The molecule has 7 nitrogen and oxygen atoms in total. The highest BCUT2D eigenvalue weighted by molar-refractivity contribution is 7.92. The topological polar surface area (TPSA) is 89.5 Å². The quantitative estimate of drug-likeness (QED) is 0.640. The van der Waals surface area contributed by atoms with Crippen LogP contribution in [0.5, 0.6) is 11.6 Å². The number of ether oxygens (including phenoxy) is 2. The van der Waals surface area contributed by atoms with Crippen LogP contribution in [-0.4, -0.2) is 45.6 Å². The first-order valence-corrected chi connectivity index (χ1v) is 10.7. The average Bonchev–Trinajstić information content (AvgIpc) is 3.20. The number of halogens is 2. The number of aromatic nitrogens is 1. The Bertz CT molecular complexity index is 918. The van der Waals surface area contributed by atoms with Crippen molar-refractivity contribution in [1.29, 1.82) is 0 Å². The van der Waals surface area contributed by atoms with E-state index in [4.69, 9.17) is 9.47 Å². The minimum absolute atomic E-state index is 0.0195. The number of alkyl halides is 2. The Hall–Kier alpha value is -2.46. The molecule has 10 heteroatoms. The van der Waals surface area contributed by atoms with Crippen LogP contribution in [0.3, 0.4) is 0 Å². The molecule has 0 radical (unpaired) electrons. The van der Waals surface area contributed by atoms with Crippen LogP contribution in [-0.2, 0) is 10.0 Å². The molecule has 2 N–H and O–H groups in total. The van der Waals surface area contributed by atoms with Crippen molar-refractivity contribution < 1.29 is 26.7 Å². The summed E-state index contributed by atoms with van der Waals surface area (Å²) >= 11 is 0. The van der Waals surface area contributed by atoms with Gasteiger partial charge in [-0.05, 0) is 56.6 Å². The molecular formula is C19H23F2N3O4S. The van der Waals surface area contributed by atoms with Gasteiger partial charge in [-0.3, -0.25) is 4.72 Å². The van der Waals surface area contributed by atoms with E-state index in [1.54, 1.807) is 19.1 Å². The summed E-state index contributed by atoms with van der Waals surface area (Å²) in [6.07, 6.45) is -0.416. The molecule has 2 aromatic rings. The summed E-state index contributed by atoms with van der Waals surface area (Å²) in [7, 11) is -3.87. The molecule has 1 saturated heterocycles. The highest BCUT2D eigenvalue weighted by Gasteiger charge is 2.18. The van der Waals surface area contributed by atoms with Gasteiger partial charge in [-0.25, -0.2) is 22.2 Å². The fraction of sp³-hybridized carbons (Fsp3) is 0.421. The van der Waals surface area contributed by atoms with Gasteiger partial charge < -0.3 is 14.8 Å².